The lowest BCUT2D eigenvalue weighted by atomic mass is 9.73. The van der Waals surface area contributed by atoms with Crippen LogP contribution in [0.5, 0.6) is 5.75 Å². The van der Waals surface area contributed by atoms with Crippen LogP contribution in [-0.2, 0) is 4.79 Å². The SMILES string of the molecule is COc1ccc(Br)cc1C1Nc2cc(C)c(C)cc2NC2=C1C(=O)CC(C)(C)C2. The highest BCUT2D eigenvalue weighted by molar-refractivity contribution is 9.10. The Balaban J connectivity index is 1.95. The lowest BCUT2D eigenvalue weighted by Crippen LogP contribution is -2.31. The lowest BCUT2D eigenvalue weighted by Gasteiger charge is -2.34. The molecule has 4 rings (SSSR count). The number of benzene rings is 2. The highest BCUT2D eigenvalue weighted by Gasteiger charge is 2.39. The summed E-state index contributed by atoms with van der Waals surface area (Å²) in [7, 11) is 1.67. The Labute approximate surface area is 180 Å². The first-order valence-electron chi connectivity index (χ1n) is 9.93. The molecule has 0 bridgehead atoms. The van der Waals surface area contributed by atoms with Gasteiger partial charge in [0.25, 0.3) is 0 Å². The fourth-order valence-corrected chi connectivity index (χ4v) is 4.75. The maximum absolute atomic E-state index is 13.4. The molecule has 4 nitrogen and oxygen atoms in total. The second-order valence-corrected chi connectivity index (χ2v) is 9.82. The van der Waals surface area contributed by atoms with Crippen molar-refractivity contribution in [2.24, 2.45) is 5.41 Å². The van der Waals surface area contributed by atoms with Gasteiger partial charge in [-0.3, -0.25) is 4.79 Å². The number of anilines is 2. The molecule has 5 heteroatoms. The maximum Gasteiger partial charge on any atom is 0.163 e. The highest BCUT2D eigenvalue weighted by atomic mass is 79.9. The van der Waals surface area contributed by atoms with E-state index in [1.54, 1.807) is 7.11 Å². The number of Topliss-reactive ketones (excluding diaryl/α,β-unsaturated/α-hetero) is 1. The second-order valence-electron chi connectivity index (χ2n) is 8.90. The van der Waals surface area contributed by atoms with E-state index in [1.165, 1.54) is 11.1 Å². The molecule has 0 aromatic heterocycles. The third-order valence-electron chi connectivity index (χ3n) is 5.93. The Morgan fingerprint density at radius 2 is 1.76 bits per heavy atom. The van der Waals surface area contributed by atoms with Crippen molar-refractivity contribution in [3.8, 4) is 5.75 Å². The Morgan fingerprint density at radius 3 is 2.45 bits per heavy atom. The summed E-state index contributed by atoms with van der Waals surface area (Å²) >= 11 is 3.59. The van der Waals surface area contributed by atoms with Gasteiger partial charge in [-0.15, -0.1) is 0 Å². The Hall–Kier alpha value is -2.27. The Morgan fingerprint density at radius 1 is 1.07 bits per heavy atom. The normalized spacial score (nSPS) is 20.2. The third-order valence-corrected chi connectivity index (χ3v) is 6.42. The molecule has 29 heavy (non-hydrogen) atoms. The molecule has 152 valence electrons. The van der Waals surface area contributed by atoms with E-state index >= 15 is 0 Å². The lowest BCUT2D eigenvalue weighted by molar-refractivity contribution is -0.118. The molecular formula is C24H27BrN2O2. The van der Waals surface area contributed by atoms with Crippen LogP contribution in [0.2, 0.25) is 0 Å². The number of allylic oxidation sites excluding steroid dienone is 1. The van der Waals surface area contributed by atoms with E-state index in [2.05, 4.69) is 66.4 Å². The molecule has 1 heterocycles. The van der Waals surface area contributed by atoms with Crippen LogP contribution in [0.3, 0.4) is 0 Å². The molecule has 2 aromatic carbocycles. The first-order valence-corrected chi connectivity index (χ1v) is 10.7. The fourth-order valence-electron chi connectivity index (χ4n) is 4.37. The summed E-state index contributed by atoms with van der Waals surface area (Å²) < 4.78 is 6.62. The number of fused-ring (bicyclic) bond motifs is 1. The molecule has 0 spiro atoms. The summed E-state index contributed by atoms with van der Waals surface area (Å²) in [5.74, 6) is 0.951. The predicted octanol–water partition coefficient (Wildman–Crippen LogP) is 6.30. The van der Waals surface area contributed by atoms with Crippen LogP contribution in [0.4, 0.5) is 11.4 Å². The molecule has 1 aliphatic carbocycles. The van der Waals surface area contributed by atoms with Crippen molar-refractivity contribution in [2.75, 3.05) is 17.7 Å². The van der Waals surface area contributed by atoms with Gasteiger partial charge < -0.3 is 15.4 Å². The maximum atomic E-state index is 13.4. The zero-order valence-electron chi connectivity index (χ0n) is 17.6. The van der Waals surface area contributed by atoms with Crippen molar-refractivity contribution >= 4 is 33.1 Å². The van der Waals surface area contributed by atoms with Gasteiger partial charge in [0.05, 0.1) is 24.5 Å². The van der Waals surface area contributed by atoms with Crippen molar-refractivity contribution in [2.45, 2.75) is 46.6 Å². The first-order chi connectivity index (χ1) is 13.7. The zero-order chi connectivity index (χ0) is 20.9. The molecule has 1 atom stereocenters. The number of carbonyl (C=O) groups is 1. The molecule has 2 aliphatic rings. The molecule has 0 amide bonds. The summed E-state index contributed by atoms with van der Waals surface area (Å²) in [6.45, 7) is 8.54. The number of hydrogen-bond acceptors (Lipinski definition) is 4. The molecule has 2 N–H and O–H groups in total. The van der Waals surface area contributed by atoms with Crippen LogP contribution >= 0.6 is 15.9 Å². The van der Waals surface area contributed by atoms with Crippen molar-refractivity contribution in [1.29, 1.82) is 0 Å². The monoisotopic (exact) mass is 454 g/mol. The van der Waals surface area contributed by atoms with E-state index in [1.807, 2.05) is 18.2 Å². The number of rotatable bonds is 2. The standard InChI is InChI=1S/C24H27BrN2O2/c1-13-8-17-18(9-14(13)2)27-23(16-10-15(25)6-7-21(16)29-5)22-19(26-17)11-24(3,4)12-20(22)28/h6-10,23,26-27H,11-12H2,1-5H3. The zero-order valence-corrected chi connectivity index (χ0v) is 19.2. The average molecular weight is 455 g/mol. The molecule has 0 saturated heterocycles. The molecule has 0 radical (unpaired) electrons. The van der Waals surface area contributed by atoms with Crippen LogP contribution < -0.4 is 15.4 Å². The van der Waals surface area contributed by atoms with Crippen molar-refractivity contribution < 1.29 is 9.53 Å². The van der Waals surface area contributed by atoms with E-state index in [-0.39, 0.29) is 17.2 Å². The number of methoxy groups -OCH3 is 1. The Bertz CT molecular complexity index is 1040. The van der Waals surface area contributed by atoms with Crippen LogP contribution in [0.1, 0.15) is 49.4 Å². The number of ether oxygens (including phenoxy) is 1. The number of nitrogens with one attached hydrogen (secondary N) is 2. The second kappa shape index (κ2) is 7.21. The fraction of sp³-hybridized carbons (Fsp3) is 0.375. The number of halogens is 1. The summed E-state index contributed by atoms with van der Waals surface area (Å²) in [5, 5.41) is 7.27. The molecule has 1 aliphatic heterocycles. The van der Waals surface area contributed by atoms with Crippen LogP contribution in [0.15, 0.2) is 46.1 Å². The third kappa shape index (κ3) is 3.68. The highest BCUT2D eigenvalue weighted by Crippen LogP contribution is 2.47. The van der Waals surface area contributed by atoms with Gasteiger partial charge in [0.1, 0.15) is 5.75 Å². The van der Waals surface area contributed by atoms with Crippen LogP contribution in [0.25, 0.3) is 0 Å². The number of hydrogen-bond donors (Lipinski definition) is 2. The van der Waals surface area contributed by atoms with Gasteiger partial charge in [-0.05, 0) is 67.1 Å². The molecule has 2 aromatic rings. The Kier molecular flexibility index (Phi) is 4.97. The largest absolute Gasteiger partial charge is 0.496 e. The minimum atomic E-state index is -0.281. The average Bonchev–Trinajstić information content (AvgIpc) is 2.77. The van der Waals surface area contributed by atoms with Crippen molar-refractivity contribution in [1.82, 2.24) is 0 Å². The van der Waals surface area contributed by atoms with Crippen LogP contribution in [-0.4, -0.2) is 12.9 Å². The van der Waals surface area contributed by atoms with E-state index in [4.69, 9.17) is 4.74 Å². The minimum Gasteiger partial charge on any atom is -0.496 e. The van der Waals surface area contributed by atoms with Gasteiger partial charge >= 0.3 is 0 Å². The van der Waals surface area contributed by atoms with Gasteiger partial charge in [-0.1, -0.05) is 29.8 Å². The summed E-state index contributed by atoms with van der Waals surface area (Å²) in [6, 6.07) is 9.98. The summed E-state index contributed by atoms with van der Waals surface area (Å²) in [5.41, 5.74) is 7.15. The minimum absolute atomic E-state index is 0.0704. The molecular weight excluding hydrogens is 428 g/mol. The molecule has 0 fully saturated rings. The summed E-state index contributed by atoms with van der Waals surface area (Å²) in [6.07, 6.45) is 1.37. The van der Waals surface area contributed by atoms with Gasteiger partial charge in [0, 0.05) is 27.7 Å². The van der Waals surface area contributed by atoms with Gasteiger partial charge in [-0.25, -0.2) is 0 Å². The van der Waals surface area contributed by atoms with Crippen molar-refractivity contribution in [3.05, 3.63) is 62.8 Å². The van der Waals surface area contributed by atoms with Crippen LogP contribution in [0, 0.1) is 19.3 Å². The predicted molar refractivity (Wildman–Crippen MR) is 122 cm³/mol. The first kappa shape index (κ1) is 20.0. The summed E-state index contributed by atoms with van der Waals surface area (Å²) in [4.78, 5) is 13.4. The van der Waals surface area contributed by atoms with Gasteiger partial charge in [-0.2, -0.15) is 0 Å². The van der Waals surface area contributed by atoms with E-state index in [0.717, 1.165) is 44.9 Å². The molecule has 0 saturated carbocycles. The van der Waals surface area contributed by atoms with E-state index in [9.17, 15) is 4.79 Å². The molecule has 1 unspecified atom stereocenters. The van der Waals surface area contributed by atoms with E-state index < -0.39 is 0 Å². The number of ketones is 1. The topological polar surface area (TPSA) is 50.4 Å². The quantitative estimate of drug-likeness (QED) is 0.558. The smallest absolute Gasteiger partial charge is 0.163 e. The number of carbonyl (C=O) groups excluding carboxylic acids is 1. The van der Waals surface area contributed by atoms with Gasteiger partial charge in [0.2, 0.25) is 0 Å². The number of aryl methyl sites for hydroxylation is 2. The van der Waals surface area contributed by atoms with Gasteiger partial charge in [0.15, 0.2) is 5.78 Å². The van der Waals surface area contributed by atoms with E-state index in [0.29, 0.717) is 6.42 Å². The van der Waals surface area contributed by atoms with Crippen molar-refractivity contribution in [3.63, 3.8) is 0 Å².